The standard InChI is InChI=1S/C20H20BrNO7S/c1-4-27-19(25)15-11(3)16(20(26)28-5-2)30-17(15)22-14(23)10-29-18(24)12-7-6-8-13(21)9-12/h6-9H,4-5,10H2,1-3H3,(H,22,23). The number of benzene rings is 1. The van der Waals surface area contributed by atoms with Gasteiger partial charge < -0.3 is 19.5 Å². The molecule has 0 aliphatic carbocycles. The summed E-state index contributed by atoms with van der Waals surface area (Å²) in [7, 11) is 0. The predicted molar refractivity (Wildman–Crippen MR) is 114 cm³/mol. The zero-order chi connectivity index (χ0) is 22.3. The van der Waals surface area contributed by atoms with Gasteiger partial charge in [-0.25, -0.2) is 14.4 Å². The van der Waals surface area contributed by atoms with Crippen LogP contribution in [0.3, 0.4) is 0 Å². The van der Waals surface area contributed by atoms with Crippen LogP contribution in [-0.2, 0) is 19.0 Å². The summed E-state index contributed by atoms with van der Waals surface area (Å²) >= 11 is 4.15. The summed E-state index contributed by atoms with van der Waals surface area (Å²) in [6.07, 6.45) is 0. The van der Waals surface area contributed by atoms with Gasteiger partial charge >= 0.3 is 17.9 Å². The van der Waals surface area contributed by atoms with Gasteiger partial charge in [-0.05, 0) is 44.5 Å². The summed E-state index contributed by atoms with van der Waals surface area (Å²) in [4.78, 5) is 49.0. The van der Waals surface area contributed by atoms with Crippen LogP contribution in [0, 0.1) is 6.92 Å². The van der Waals surface area contributed by atoms with Crippen LogP contribution in [0.15, 0.2) is 28.7 Å². The molecule has 0 saturated heterocycles. The predicted octanol–water partition coefficient (Wildman–Crippen LogP) is 3.97. The Labute approximate surface area is 185 Å². The highest BCUT2D eigenvalue weighted by molar-refractivity contribution is 9.10. The van der Waals surface area contributed by atoms with E-state index < -0.39 is 30.4 Å². The molecule has 0 bridgehead atoms. The third kappa shape index (κ3) is 5.90. The lowest BCUT2D eigenvalue weighted by Crippen LogP contribution is -2.21. The minimum absolute atomic E-state index is 0.0663. The van der Waals surface area contributed by atoms with Crippen LogP contribution >= 0.6 is 27.3 Å². The van der Waals surface area contributed by atoms with E-state index in [0.717, 1.165) is 11.3 Å². The molecule has 1 amide bonds. The highest BCUT2D eigenvalue weighted by atomic mass is 79.9. The summed E-state index contributed by atoms with van der Waals surface area (Å²) < 4.78 is 15.7. The van der Waals surface area contributed by atoms with Crippen molar-refractivity contribution in [2.45, 2.75) is 20.8 Å². The van der Waals surface area contributed by atoms with Gasteiger partial charge in [0.2, 0.25) is 0 Å². The van der Waals surface area contributed by atoms with Gasteiger partial charge in [0.05, 0.1) is 24.3 Å². The van der Waals surface area contributed by atoms with Crippen molar-refractivity contribution in [2.75, 3.05) is 25.1 Å². The highest BCUT2D eigenvalue weighted by Crippen LogP contribution is 2.34. The molecule has 1 heterocycles. The van der Waals surface area contributed by atoms with Gasteiger partial charge in [0.1, 0.15) is 9.88 Å². The molecule has 0 atom stereocenters. The summed E-state index contributed by atoms with van der Waals surface area (Å²) in [5.41, 5.74) is 0.691. The van der Waals surface area contributed by atoms with E-state index in [1.54, 1.807) is 45.0 Å². The minimum atomic E-state index is -0.678. The molecule has 160 valence electrons. The van der Waals surface area contributed by atoms with E-state index in [4.69, 9.17) is 14.2 Å². The van der Waals surface area contributed by atoms with Gasteiger partial charge in [-0.2, -0.15) is 0 Å². The molecule has 10 heteroatoms. The number of esters is 3. The van der Waals surface area contributed by atoms with Crippen molar-refractivity contribution in [3.05, 3.63) is 50.3 Å². The van der Waals surface area contributed by atoms with Gasteiger partial charge in [0.15, 0.2) is 6.61 Å². The van der Waals surface area contributed by atoms with Gasteiger partial charge in [-0.3, -0.25) is 4.79 Å². The molecule has 1 aromatic heterocycles. The smallest absolute Gasteiger partial charge is 0.348 e. The summed E-state index contributed by atoms with van der Waals surface area (Å²) in [6.45, 7) is 4.59. The number of halogens is 1. The molecule has 30 heavy (non-hydrogen) atoms. The number of nitrogens with one attached hydrogen (secondary N) is 1. The number of rotatable bonds is 8. The van der Waals surface area contributed by atoms with Gasteiger partial charge in [0.25, 0.3) is 5.91 Å². The Hall–Kier alpha value is -2.72. The first-order valence-corrected chi connectivity index (χ1v) is 10.6. The van der Waals surface area contributed by atoms with Crippen LogP contribution in [0.25, 0.3) is 0 Å². The van der Waals surface area contributed by atoms with Crippen molar-refractivity contribution in [3.63, 3.8) is 0 Å². The van der Waals surface area contributed by atoms with E-state index >= 15 is 0 Å². The van der Waals surface area contributed by atoms with Crippen molar-refractivity contribution < 1.29 is 33.4 Å². The number of carbonyl (C=O) groups excluding carboxylic acids is 4. The first-order valence-electron chi connectivity index (χ1n) is 8.98. The minimum Gasteiger partial charge on any atom is -0.462 e. The number of hydrogen-bond donors (Lipinski definition) is 1. The Morgan fingerprint density at radius 3 is 2.30 bits per heavy atom. The Morgan fingerprint density at radius 2 is 1.67 bits per heavy atom. The molecule has 0 aliphatic rings. The van der Waals surface area contributed by atoms with Gasteiger partial charge in [-0.1, -0.05) is 22.0 Å². The Morgan fingerprint density at radius 1 is 1.00 bits per heavy atom. The van der Waals surface area contributed by atoms with Crippen molar-refractivity contribution in [1.82, 2.24) is 0 Å². The molecule has 1 aromatic carbocycles. The van der Waals surface area contributed by atoms with E-state index in [0.29, 0.717) is 10.0 Å². The molecule has 1 N–H and O–H groups in total. The molecule has 2 rings (SSSR count). The van der Waals surface area contributed by atoms with Gasteiger partial charge in [0, 0.05) is 4.47 Å². The second kappa shape index (κ2) is 10.9. The molecule has 8 nitrogen and oxygen atoms in total. The van der Waals surface area contributed by atoms with E-state index in [1.165, 1.54) is 0 Å². The number of carbonyl (C=O) groups is 4. The molecular formula is C20H20BrNO7S. The topological polar surface area (TPSA) is 108 Å². The molecule has 0 unspecified atom stereocenters. The summed E-state index contributed by atoms with van der Waals surface area (Å²) in [5, 5.41) is 2.63. The lowest BCUT2D eigenvalue weighted by Gasteiger charge is -2.08. The second-order valence-electron chi connectivity index (χ2n) is 5.84. The molecule has 0 saturated carbocycles. The number of ether oxygens (including phenoxy) is 3. The van der Waals surface area contributed by atoms with Gasteiger partial charge in [-0.15, -0.1) is 11.3 Å². The molecule has 0 aliphatic heterocycles. The first-order chi connectivity index (χ1) is 14.3. The molecular weight excluding hydrogens is 478 g/mol. The highest BCUT2D eigenvalue weighted by Gasteiger charge is 2.27. The number of thiophene rings is 1. The quantitative estimate of drug-likeness (QED) is 0.434. The van der Waals surface area contributed by atoms with Crippen molar-refractivity contribution in [2.24, 2.45) is 0 Å². The fourth-order valence-corrected chi connectivity index (χ4v) is 3.94. The zero-order valence-electron chi connectivity index (χ0n) is 16.6. The average Bonchev–Trinajstić information content (AvgIpc) is 3.02. The molecule has 0 fully saturated rings. The van der Waals surface area contributed by atoms with Crippen LogP contribution in [0.1, 0.15) is 49.8 Å². The normalized spacial score (nSPS) is 10.3. The molecule has 0 spiro atoms. The number of hydrogen-bond acceptors (Lipinski definition) is 8. The maximum absolute atomic E-state index is 12.3. The lowest BCUT2D eigenvalue weighted by molar-refractivity contribution is -0.119. The Kier molecular flexibility index (Phi) is 8.55. The number of anilines is 1. The average molecular weight is 498 g/mol. The van der Waals surface area contributed by atoms with E-state index in [9.17, 15) is 19.2 Å². The van der Waals surface area contributed by atoms with E-state index in [2.05, 4.69) is 21.2 Å². The zero-order valence-corrected chi connectivity index (χ0v) is 19.0. The van der Waals surface area contributed by atoms with Crippen LogP contribution in [0.4, 0.5) is 5.00 Å². The van der Waals surface area contributed by atoms with Crippen LogP contribution in [0.5, 0.6) is 0 Å². The van der Waals surface area contributed by atoms with Crippen LogP contribution in [0.2, 0.25) is 0 Å². The summed E-state index contributed by atoms with van der Waals surface area (Å²) in [5.74, 6) is -2.62. The fraction of sp³-hybridized carbons (Fsp3) is 0.300. The third-order valence-corrected chi connectivity index (χ3v) is 5.42. The molecule has 0 radical (unpaired) electrons. The van der Waals surface area contributed by atoms with Crippen molar-refractivity contribution >= 4 is 56.1 Å². The van der Waals surface area contributed by atoms with Crippen LogP contribution in [-0.4, -0.2) is 43.6 Å². The van der Waals surface area contributed by atoms with Crippen LogP contribution < -0.4 is 5.32 Å². The van der Waals surface area contributed by atoms with Crippen molar-refractivity contribution in [1.29, 1.82) is 0 Å². The summed E-state index contributed by atoms with van der Waals surface area (Å²) in [6, 6.07) is 6.53. The molecule has 2 aromatic rings. The maximum atomic E-state index is 12.3. The van der Waals surface area contributed by atoms with E-state index in [1.807, 2.05) is 0 Å². The van der Waals surface area contributed by atoms with E-state index in [-0.39, 0.29) is 34.2 Å². The Balaban J connectivity index is 2.16. The lowest BCUT2D eigenvalue weighted by atomic mass is 10.1. The number of amides is 1. The maximum Gasteiger partial charge on any atom is 0.348 e. The fourth-order valence-electron chi connectivity index (χ4n) is 2.43. The van der Waals surface area contributed by atoms with Crippen molar-refractivity contribution in [3.8, 4) is 0 Å². The largest absolute Gasteiger partial charge is 0.462 e. The third-order valence-electron chi connectivity index (χ3n) is 3.73. The monoisotopic (exact) mass is 497 g/mol. The second-order valence-corrected chi connectivity index (χ2v) is 7.77. The SMILES string of the molecule is CCOC(=O)c1sc(NC(=O)COC(=O)c2cccc(Br)c2)c(C(=O)OCC)c1C. The Bertz CT molecular complexity index is 970. The first kappa shape index (κ1) is 23.6.